The van der Waals surface area contributed by atoms with Gasteiger partial charge in [-0.15, -0.1) is 0 Å². The molecule has 3 rings (SSSR count). The third kappa shape index (κ3) is 2.61. The smallest absolute Gasteiger partial charge is 0.341 e. The van der Waals surface area contributed by atoms with E-state index in [0.29, 0.717) is 11.3 Å². The molecule has 0 bridgehead atoms. The van der Waals surface area contributed by atoms with Crippen molar-refractivity contribution in [1.82, 2.24) is 14.0 Å². The highest BCUT2D eigenvalue weighted by molar-refractivity contribution is 5.93. The maximum atomic E-state index is 13.0. The minimum Gasteiger partial charge on any atom is -0.462 e. The van der Waals surface area contributed by atoms with Gasteiger partial charge < -0.3 is 9.30 Å². The van der Waals surface area contributed by atoms with E-state index in [1.807, 2.05) is 26.8 Å². The quantitative estimate of drug-likeness (QED) is 0.585. The van der Waals surface area contributed by atoms with Crippen LogP contribution >= 0.6 is 0 Å². The lowest BCUT2D eigenvalue weighted by atomic mass is 10.2. The van der Waals surface area contributed by atoms with E-state index in [0.717, 1.165) is 5.56 Å². The Morgan fingerprint density at radius 1 is 1.36 bits per heavy atom. The minimum absolute atomic E-state index is 0.00853. The van der Waals surface area contributed by atoms with E-state index >= 15 is 0 Å². The number of fused-ring (bicyclic) bond motifs is 2. The maximum Gasteiger partial charge on any atom is 0.341 e. The highest BCUT2D eigenvalue weighted by atomic mass is 16.5. The van der Waals surface area contributed by atoms with E-state index in [2.05, 4.69) is 4.98 Å². The van der Waals surface area contributed by atoms with Crippen LogP contribution in [0.25, 0.3) is 16.7 Å². The van der Waals surface area contributed by atoms with Crippen LogP contribution in [0, 0.1) is 12.3 Å². The lowest BCUT2D eigenvalue weighted by Crippen LogP contribution is -2.32. The number of aryl methyl sites for hydroxylation is 1. The van der Waals surface area contributed by atoms with Crippen LogP contribution in [0.4, 0.5) is 0 Å². The van der Waals surface area contributed by atoms with Crippen LogP contribution in [0.1, 0.15) is 42.7 Å². The zero-order valence-electron chi connectivity index (χ0n) is 14.7. The van der Waals surface area contributed by atoms with Crippen molar-refractivity contribution in [1.29, 1.82) is 5.41 Å². The average Bonchev–Trinajstić information content (AvgIpc) is 2.55. The van der Waals surface area contributed by atoms with E-state index in [1.165, 1.54) is 10.5 Å². The molecule has 0 unspecified atom stereocenters. The van der Waals surface area contributed by atoms with Crippen molar-refractivity contribution < 1.29 is 9.53 Å². The van der Waals surface area contributed by atoms with Crippen molar-refractivity contribution in [3.05, 3.63) is 51.4 Å². The van der Waals surface area contributed by atoms with Crippen LogP contribution in [0.2, 0.25) is 0 Å². The third-order valence-corrected chi connectivity index (χ3v) is 4.09. The van der Waals surface area contributed by atoms with E-state index in [1.54, 1.807) is 23.8 Å². The summed E-state index contributed by atoms with van der Waals surface area (Å²) >= 11 is 0. The lowest BCUT2D eigenvalue weighted by molar-refractivity contribution is 0.0523. The molecule has 0 aromatic carbocycles. The summed E-state index contributed by atoms with van der Waals surface area (Å²) in [5.74, 6) is -0.613. The molecule has 0 spiro atoms. The first-order valence-electron chi connectivity index (χ1n) is 8.15. The molecule has 7 heteroatoms. The highest BCUT2D eigenvalue weighted by Crippen LogP contribution is 2.16. The van der Waals surface area contributed by atoms with Gasteiger partial charge in [0.2, 0.25) is 0 Å². The molecule has 3 aromatic rings. The summed E-state index contributed by atoms with van der Waals surface area (Å²) in [6.07, 6.45) is 1.65. The Bertz CT molecular complexity index is 1110. The minimum atomic E-state index is -0.613. The summed E-state index contributed by atoms with van der Waals surface area (Å²) < 4.78 is 8.09. The molecule has 3 heterocycles. The molecule has 3 aromatic heterocycles. The zero-order chi connectivity index (χ0) is 18.3. The summed E-state index contributed by atoms with van der Waals surface area (Å²) in [6, 6.07) is 4.92. The summed E-state index contributed by atoms with van der Waals surface area (Å²) in [7, 11) is 0. The maximum absolute atomic E-state index is 13.0. The number of ether oxygens (including phenoxy) is 1. The van der Waals surface area contributed by atoms with Crippen LogP contribution in [0.5, 0.6) is 0 Å². The van der Waals surface area contributed by atoms with Gasteiger partial charge in [0.1, 0.15) is 22.3 Å². The number of nitrogens with one attached hydrogen (secondary N) is 1. The number of carbonyl (C=O) groups is 1. The molecule has 130 valence electrons. The fourth-order valence-corrected chi connectivity index (χ4v) is 2.93. The Morgan fingerprint density at radius 2 is 2.08 bits per heavy atom. The predicted octanol–water partition coefficient (Wildman–Crippen LogP) is 2.19. The van der Waals surface area contributed by atoms with Gasteiger partial charge >= 0.3 is 5.97 Å². The molecule has 0 amide bonds. The topological polar surface area (TPSA) is 89.4 Å². The Balaban J connectivity index is 2.54. The van der Waals surface area contributed by atoms with Crippen molar-refractivity contribution in [2.75, 3.05) is 6.61 Å². The standard InChI is InChI=1S/C18H20N4O3/c1-5-25-18(24)12-9-13-16(22(10(2)3)14(12)19)20-15-11(4)7-6-8-21(15)17(13)23/h6-10,19H,5H2,1-4H3. The molecule has 0 atom stereocenters. The van der Waals surface area contributed by atoms with Gasteiger partial charge in [-0.05, 0) is 45.4 Å². The average molecular weight is 340 g/mol. The number of aromatic nitrogens is 3. The van der Waals surface area contributed by atoms with Gasteiger partial charge in [0, 0.05) is 12.2 Å². The number of esters is 1. The van der Waals surface area contributed by atoms with E-state index < -0.39 is 5.97 Å². The number of nitrogens with zero attached hydrogens (tertiary/aromatic N) is 3. The molecule has 0 saturated carbocycles. The molecular formula is C18H20N4O3. The van der Waals surface area contributed by atoms with E-state index in [-0.39, 0.29) is 34.6 Å². The number of hydrogen-bond donors (Lipinski definition) is 1. The molecule has 0 aliphatic heterocycles. The van der Waals surface area contributed by atoms with Crippen LogP contribution in [0.15, 0.2) is 29.2 Å². The fourth-order valence-electron chi connectivity index (χ4n) is 2.93. The van der Waals surface area contributed by atoms with Gasteiger partial charge in [0.15, 0.2) is 0 Å². The predicted molar refractivity (Wildman–Crippen MR) is 93.9 cm³/mol. The van der Waals surface area contributed by atoms with Gasteiger partial charge in [-0.3, -0.25) is 14.6 Å². The molecule has 0 fully saturated rings. The Hall–Kier alpha value is -2.96. The monoisotopic (exact) mass is 340 g/mol. The molecule has 7 nitrogen and oxygen atoms in total. The Kier molecular flexibility index (Phi) is 4.16. The number of hydrogen-bond acceptors (Lipinski definition) is 5. The van der Waals surface area contributed by atoms with Crippen LogP contribution in [0.3, 0.4) is 0 Å². The van der Waals surface area contributed by atoms with Crippen LogP contribution in [-0.2, 0) is 4.74 Å². The number of pyridine rings is 2. The normalized spacial score (nSPS) is 11.4. The molecule has 0 saturated heterocycles. The first-order chi connectivity index (χ1) is 11.9. The molecule has 0 aliphatic carbocycles. The second-order valence-corrected chi connectivity index (χ2v) is 6.13. The second-order valence-electron chi connectivity index (χ2n) is 6.13. The molecule has 0 radical (unpaired) electrons. The summed E-state index contributed by atoms with van der Waals surface area (Å²) in [5, 5.41) is 8.70. The van der Waals surface area contributed by atoms with Crippen molar-refractivity contribution >= 4 is 22.6 Å². The molecule has 1 N–H and O–H groups in total. The summed E-state index contributed by atoms with van der Waals surface area (Å²) in [5.41, 5.74) is 1.58. The summed E-state index contributed by atoms with van der Waals surface area (Å²) in [6.45, 7) is 7.54. The Morgan fingerprint density at radius 3 is 2.72 bits per heavy atom. The SMILES string of the molecule is CCOC(=O)c1cc2c(=O)n3cccc(C)c3nc2n(C(C)C)c1=N. The first kappa shape index (κ1) is 16.9. The number of rotatable bonds is 3. The van der Waals surface area contributed by atoms with Gasteiger partial charge in [-0.1, -0.05) is 6.07 Å². The van der Waals surface area contributed by atoms with Gasteiger partial charge in [0.05, 0.1) is 12.0 Å². The van der Waals surface area contributed by atoms with Crippen LogP contribution < -0.4 is 11.0 Å². The first-order valence-corrected chi connectivity index (χ1v) is 8.15. The number of carbonyl (C=O) groups excluding carboxylic acids is 1. The second kappa shape index (κ2) is 6.16. The lowest BCUT2D eigenvalue weighted by Gasteiger charge is -2.17. The Labute approximate surface area is 144 Å². The van der Waals surface area contributed by atoms with E-state index in [9.17, 15) is 9.59 Å². The van der Waals surface area contributed by atoms with Gasteiger partial charge in [0.25, 0.3) is 5.56 Å². The van der Waals surface area contributed by atoms with Gasteiger partial charge in [-0.2, -0.15) is 0 Å². The summed E-state index contributed by atoms with van der Waals surface area (Å²) in [4.78, 5) is 29.8. The van der Waals surface area contributed by atoms with Gasteiger partial charge in [-0.25, -0.2) is 9.78 Å². The van der Waals surface area contributed by atoms with Crippen molar-refractivity contribution in [3.63, 3.8) is 0 Å². The largest absolute Gasteiger partial charge is 0.462 e. The zero-order valence-corrected chi connectivity index (χ0v) is 14.7. The van der Waals surface area contributed by atoms with Crippen molar-refractivity contribution in [2.45, 2.75) is 33.7 Å². The van der Waals surface area contributed by atoms with Crippen molar-refractivity contribution in [3.8, 4) is 0 Å². The molecule has 25 heavy (non-hydrogen) atoms. The third-order valence-electron chi connectivity index (χ3n) is 4.09. The molecular weight excluding hydrogens is 320 g/mol. The van der Waals surface area contributed by atoms with Crippen molar-refractivity contribution in [2.24, 2.45) is 0 Å². The van der Waals surface area contributed by atoms with E-state index in [4.69, 9.17) is 10.1 Å². The highest BCUT2D eigenvalue weighted by Gasteiger charge is 2.19. The fraction of sp³-hybridized carbons (Fsp3) is 0.333. The molecule has 0 aliphatic rings. The van der Waals surface area contributed by atoms with Crippen LogP contribution in [-0.4, -0.2) is 26.5 Å².